The van der Waals surface area contributed by atoms with Crippen molar-refractivity contribution in [2.75, 3.05) is 82.1 Å². The molecule has 0 saturated carbocycles. The molecule has 5 heterocycles. The number of likely N-dealkylation sites (tertiary alicyclic amines) is 2. The number of carbonyl (C=O) groups excluding carboxylic acids is 3. The maximum atomic E-state index is 14.1. The van der Waals surface area contributed by atoms with E-state index in [0.29, 0.717) is 51.6 Å². The molecule has 0 aromatic heterocycles. The Morgan fingerprint density at radius 2 is 1.61 bits per heavy atom. The fourth-order valence-corrected chi connectivity index (χ4v) is 8.00. The molecule has 4 amide bonds. The van der Waals surface area contributed by atoms with Crippen LogP contribution in [0.4, 0.5) is 26.7 Å². The number of morpholine rings is 1. The Balaban J connectivity index is 1.00. The van der Waals surface area contributed by atoms with Crippen molar-refractivity contribution < 1.29 is 28.6 Å². The SMILES string of the molecule is COC1Nc2cc(C[C@@H](OC(=O)N3CCC(N4CCc5ccccc5NC4=O)CC3)C(=O)N3CCC(N4CCOCC4)CC3)cc(C)c2N1. The summed E-state index contributed by atoms with van der Waals surface area (Å²) in [5, 5.41) is 9.68. The van der Waals surface area contributed by atoms with Crippen molar-refractivity contribution in [2.24, 2.45) is 0 Å². The Morgan fingerprint density at radius 1 is 0.898 bits per heavy atom. The molecule has 7 rings (SSSR count). The van der Waals surface area contributed by atoms with Crippen molar-refractivity contribution in [1.29, 1.82) is 0 Å². The van der Waals surface area contributed by atoms with Gasteiger partial charge in [-0.3, -0.25) is 9.69 Å². The first-order valence-electron chi connectivity index (χ1n) is 17.8. The maximum Gasteiger partial charge on any atom is 0.410 e. The van der Waals surface area contributed by atoms with E-state index in [4.69, 9.17) is 14.2 Å². The average Bonchev–Trinajstić information content (AvgIpc) is 3.48. The van der Waals surface area contributed by atoms with Gasteiger partial charge in [0.05, 0.1) is 24.6 Å². The third kappa shape index (κ3) is 7.43. The number of ether oxygens (including phenoxy) is 3. The van der Waals surface area contributed by atoms with Crippen LogP contribution >= 0.6 is 0 Å². The normalized spacial score (nSPS) is 22.7. The number of hydrogen-bond donors (Lipinski definition) is 3. The number of amides is 4. The largest absolute Gasteiger partial charge is 0.436 e. The molecule has 5 aliphatic heterocycles. The monoisotopic (exact) mass is 675 g/mol. The van der Waals surface area contributed by atoms with Gasteiger partial charge < -0.3 is 44.9 Å². The minimum atomic E-state index is -0.954. The number of urea groups is 1. The van der Waals surface area contributed by atoms with Gasteiger partial charge in [-0.1, -0.05) is 24.3 Å². The van der Waals surface area contributed by atoms with E-state index in [2.05, 4.69) is 26.9 Å². The third-order valence-electron chi connectivity index (χ3n) is 10.8. The summed E-state index contributed by atoms with van der Waals surface area (Å²) in [6, 6.07) is 12.3. The molecule has 2 atom stereocenters. The molecular weight excluding hydrogens is 626 g/mol. The van der Waals surface area contributed by atoms with E-state index in [0.717, 1.165) is 79.3 Å². The van der Waals surface area contributed by atoms with Crippen LogP contribution in [0.25, 0.3) is 0 Å². The molecule has 3 fully saturated rings. The Labute approximate surface area is 288 Å². The van der Waals surface area contributed by atoms with Crippen LogP contribution in [0.15, 0.2) is 36.4 Å². The first-order valence-corrected chi connectivity index (χ1v) is 17.8. The van der Waals surface area contributed by atoms with Crippen LogP contribution in [0.1, 0.15) is 42.4 Å². The minimum absolute atomic E-state index is 0.0231. The summed E-state index contributed by atoms with van der Waals surface area (Å²) in [7, 11) is 1.63. The molecule has 1 unspecified atom stereocenters. The van der Waals surface area contributed by atoms with Crippen LogP contribution in [0.3, 0.4) is 0 Å². The van der Waals surface area contributed by atoms with E-state index < -0.39 is 12.2 Å². The lowest BCUT2D eigenvalue weighted by Gasteiger charge is -2.41. The summed E-state index contributed by atoms with van der Waals surface area (Å²) < 4.78 is 17.1. The van der Waals surface area contributed by atoms with Gasteiger partial charge in [0.25, 0.3) is 5.91 Å². The summed E-state index contributed by atoms with van der Waals surface area (Å²) in [5.74, 6) is -0.150. The number of nitrogens with zero attached hydrogens (tertiary/aromatic N) is 4. The fraction of sp³-hybridized carbons (Fsp3) is 0.583. The predicted octanol–water partition coefficient (Wildman–Crippen LogP) is 3.69. The standard InChI is InChI=1S/C36H49N7O6/c1-24-21-25(22-30-32(24)39-34(37-30)47-2)23-31(33(44)41-12-8-27(9-13-41)40-17-19-48-20-18-40)49-36(46)42-14-10-28(11-15-42)43-16-7-26-5-3-4-6-29(26)38-35(43)45/h3-6,21-22,27-28,31,34,37,39H,7-20,23H2,1-2H3,(H,38,45)/t31-,34?/m1/s1. The predicted molar refractivity (Wildman–Crippen MR) is 186 cm³/mol. The van der Waals surface area contributed by atoms with Gasteiger partial charge in [-0.2, -0.15) is 0 Å². The van der Waals surface area contributed by atoms with Gasteiger partial charge in [-0.15, -0.1) is 0 Å². The smallest absolute Gasteiger partial charge is 0.410 e. The maximum absolute atomic E-state index is 14.1. The molecule has 49 heavy (non-hydrogen) atoms. The zero-order valence-electron chi connectivity index (χ0n) is 28.6. The van der Waals surface area contributed by atoms with Crippen LogP contribution in [0.5, 0.6) is 0 Å². The number of benzene rings is 2. The molecule has 264 valence electrons. The topological polar surface area (TPSA) is 128 Å². The van der Waals surface area contributed by atoms with Gasteiger partial charge in [-0.25, -0.2) is 9.59 Å². The molecule has 5 aliphatic rings. The molecular formula is C36H49N7O6. The van der Waals surface area contributed by atoms with Crippen molar-refractivity contribution in [3.8, 4) is 0 Å². The number of nitrogens with one attached hydrogen (secondary N) is 3. The highest BCUT2D eigenvalue weighted by molar-refractivity contribution is 5.91. The first kappa shape index (κ1) is 33.4. The number of hydrogen-bond acceptors (Lipinski definition) is 9. The second-order valence-electron chi connectivity index (χ2n) is 13.8. The number of rotatable bonds is 7. The number of para-hydroxylation sites is 1. The molecule has 13 heteroatoms. The van der Waals surface area contributed by atoms with Crippen molar-refractivity contribution in [3.63, 3.8) is 0 Å². The van der Waals surface area contributed by atoms with Crippen molar-refractivity contribution in [2.45, 2.75) is 70.0 Å². The van der Waals surface area contributed by atoms with Gasteiger partial charge >= 0.3 is 12.1 Å². The Morgan fingerprint density at radius 3 is 2.37 bits per heavy atom. The number of anilines is 3. The first-order chi connectivity index (χ1) is 23.9. The molecule has 0 radical (unpaired) electrons. The van der Waals surface area contributed by atoms with Crippen LogP contribution in [-0.2, 0) is 31.8 Å². The second-order valence-corrected chi connectivity index (χ2v) is 13.8. The van der Waals surface area contributed by atoms with Crippen molar-refractivity contribution >= 4 is 35.1 Å². The number of carbonyl (C=O) groups is 3. The van der Waals surface area contributed by atoms with E-state index in [1.54, 1.807) is 12.0 Å². The van der Waals surface area contributed by atoms with E-state index in [-0.39, 0.29) is 30.8 Å². The summed E-state index contributed by atoms with van der Waals surface area (Å²) >= 11 is 0. The van der Waals surface area contributed by atoms with Gasteiger partial charge in [0, 0.05) is 77.1 Å². The molecule has 0 aliphatic carbocycles. The Bertz CT molecular complexity index is 1520. The lowest BCUT2D eigenvalue weighted by atomic mass is 9.99. The summed E-state index contributed by atoms with van der Waals surface area (Å²) in [4.78, 5) is 48.9. The zero-order chi connectivity index (χ0) is 33.9. The lowest BCUT2D eigenvalue weighted by molar-refractivity contribution is -0.142. The average molecular weight is 676 g/mol. The summed E-state index contributed by atoms with van der Waals surface area (Å²) in [6.07, 6.45) is 2.37. The molecule has 2 aromatic carbocycles. The summed E-state index contributed by atoms with van der Waals surface area (Å²) in [5.41, 5.74) is 5.78. The van der Waals surface area contributed by atoms with E-state index >= 15 is 0 Å². The number of fused-ring (bicyclic) bond motifs is 2. The van der Waals surface area contributed by atoms with E-state index in [1.807, 2.05) is 47.1 Å². The molecule has 0 bridgehead atoms. The van der Waals surface area contributed by atoms with Gasteiger partial charge in [-0.05, 0) is 67.9 Å². The van der Waals surface area contributed by atoms with Gasteiger partial charge in [0.2, 0.25) is 6.35 Å². The highest BCUT2D eigenvalue weighted by Crippen LogP contribution is 2.34. The molecule has 13 nitrogen and oxygen atoms in total. The third-order valence-corrected chi connectivity index (χ3v) is 10.8. The van der Waals surface area contributed by atoms with E-state index in [1.165, 1.54) is 0 Å². The van der Waals surface area contributed by atoms with Crippen LogP contribution in [-0.4, -0.2) is 128 Å². The highest BCUT2D eigenvalue weighted by Gasteiger charge is 2.36. The number of methoxy groups -OCH3 is 1. The lowest BCUT2D eigenvalue weighted by Crippen LogP contribution is -2.53. The Hall–Kier alpha value is -4.07. The quantitative estimate of drug-likeness (QED) is 0.403. The zero-order valence-corrected chi connectivity index (χ0v) is 28.6. The van der Waals surface area contributed by atoms with Gasteiger partial charge in [0.15, 0.2) is 6.10 Å². The van der Waals surface area contributed by atoms with Crippen LogP contribution in [0, 0.1) is 6.92 Å². The number of piperidine rings is 2. The van der Waals surface area contributed by atoms with E-state index in [9.17, 15) is 14.4 Å². The van der Waals surface area contributed by atoms with Gasteiger partial charge in [0.1, 0.15) is 0 Å². The summed E-state index contributed by atoms with van der Waals surface area (Å²) in [6.45, 7) is 8.18. The molecule has 0 spiro atoms. The minimum Gasteiger partial charge on any atom is -0.436 e. The molecule has 3 saturated heterocycles. The number of aryl methyl sites for hydroxylation is 1. The Kier molecular flexibility index (Phi) is 10.1. The van der Waals surface area contributed by atoms with Crippen LogP contribution < -0.4 is 16.0 Å². The molecule has 2 aromatic rings. The molecule has 3 N–H and O–H groups in total. The van der Waals surface area contributed by atoms with Crippen molar-refractivity contribution in [1.82, 2.24) is 19.6 Å². The van der Waals surface area contributed by atoms with Crippen molar-refractivity contribution in [3.05, 3.63) is 53.1 Å². The highest BCUT2D eigenvalue weighted by atomic mass is 16.6. The fourth-order valence-electron chi connectivity index (χ4n) is 8.00. The van der Waals surface area contributed by atoms with Crippen LogP contribution in [0.2, 0.25) is 0 Å². The second kappa shape index (κ2) is 14.8.